The zero-order valence-electron chi connectivity index (χ0n) is 18.1. The van der Waals surface area contributed by atoms with Gasteiger partial charge in [-0.15, -0.1) is 11.3 Å². The number of hydrogen-bond acceptors (Lipinski definition) is 6. The highest BCUT2D eigenvalue weighted by Crippen LogP contribution is 2.30. The molecule has 8 nitrogen and oxygen atoms in total. The second kappa shape index (κ2) is 10.1. The number of halogens is 1. The Labute approximate surface area is 204 Å². The lowest BCUT2D eigenvalue weighted by molar-refractivity contribution is -0.124. The Morgan fingerprint density at radius 1 is 1.06 bits per heavy atom. The first kappa shape index (κ1) is 23.5. The molecule has 1 aromatic heterocycles. The van der Waals surface area contributed by atoms with Crippen LogP contribution < -0.4 is 10.2 Å². The number of thiophene rings is 1. The van der Waals surface area contributed by atoms with E-state index in [0.717, 1.165) is 9.78 Å². The molecule has 2 heterocycles. The summed E-state index contributed by atoms with van der Waals surface area (Å²) in [6, 6.07) is 14.8. The fourth-order valence-corrected chi connectivity index (χ4v) is 4.44. The zero-order chi connectivity index (χ0) is 24.2. The normalized spacial score (nSPS) is 15.5. The number of nitrogens with zero attached hydrogens (tertiary/aromatic N) is 2. The molecule has 1 aliphatic heterocycles. The molecule has 0 spiro atoms. The molecule has 34 heavy (non-hydrogen) atoms. The van der Waals surface area contributed by atoms with Gasteiger partial charge in [0.1, 0.15) is 6.04 Å². The summed E-state index contributed by atoms with van der Waals surface area (Å²) in [4.78, 5) is 54.3. The Kier molecular flexibility index (Phi) is 6.95. The molecule has 1 aliphatic rings. The highest BCUT2D eigenvalue weighted by Gasteiger charge is 2.46. The number of ether oxygens (including phenoxy) is 1. The van der Waals surface area contributed by atoms with Gasteiger partial charge in [-0.25, -0.2) is 14.5 Å². The van der Waals surface area contributed by atoms with Crippen molar-refractivity contribution < 1.29 is 23.9 Å². The second-order valence-corrected chi connectivity index (χ2v) is 8.95. The smallest absolute Gasteiger partial charge is 0.337 e. The predicted octanol–water partition coefficient (Wildman–Crippen LogP) is 4.55. The van der Waals surface area contributed by atoms with Gasteiger partial charge in [0.15, 0.2) is 0 Å². The maximum Gasteiger partial charge on any atom is 0.337 e. The zero-order valence-corrected chi connectivity index (χ0v) is 19.6. The summed E-state index contributed by atoms with van der Waals surface area (Å²) in [6.07, 6.45) is -0.223. The van der Waals surface area contributed by atoms with E-state index in [0.29, 0.717) is 22.0 Å². The van der Waals surface area contributed by atoms with Crippen molar-refractivity contribution in [2.75, 3.05) is 17.3 Å². The van der Waals surface area contributed by atoms with Crippen LogP contribution in [-0.4, -0.2) is 41.9 Å². The van der Waals surface area contributed by atoms with Crippen LogP contribution in [0.25, 0.3) is 0 Å². The number of urea groups is 1. The molecule has 1 N–H and O–H groups in total. The van der Waals surface area contributed by atoms with E-state index in [9.17, 15) is 19.2 Å². The number of carbonyl (C=O) groups excluding carboxylic acids is 4. The third-order valence-corrected chi connectivity index (χ3v) is 6.39. The summed E-state index contributed by atoms with van der Waals surface area (Å²) in [7, 11) is 1.28. The van der Waals surface area contributed by atoms with Gasteiger partial charge in [0.25, 0.3) is 5.91 Å². The molecule has 1 saturated heterocycles. The predicted molar refractivity (Wildman–Crippen MR) is 129 cm³/mol. The summed E-state index contributed by atoms with van der Waals surface area (Å²) in [5, 5.41) is 5.08. The molecular weight excluding hydrogens is 478 g/mol. The third-order valence-electron chi connectivity index (χ3n) is 5.28. The lowest BCUT2D eigenvalue weighted by atomic mass is 10.1. The number of hydrogen-bond donors (Lipinski definition) is 1. The van der Waals surface area contributed by atoms with Crippen LogP contribution in [-0.2, 0) is 20.9 Å². The standard InChI is InChI=1S/C24H20ClN3O5S/c1-33-23(31)15-4-8-17(9-5-15)26-21(29)13-20-22(30)28(18-10-6-16(25)7-11-18)24(32)27(20)14-19-3-2-12-34-19/h2-12,20H,13-14H2,1H3,(H,26,29)/t20-/m1/s1. The number of methoxy groups -OCH3 is 1. The minimum atomic E-state index is -0.973. The van der Waals surface area contributed by atoms with Crippen LogP contribution in [0.2, 0.25) is 5.02 Å². The van der Waals surface area contributed by atoms with Crippen LogP contribution in [0.15, 0.2) is 66.0 Å². The van der Waals surface area contributed by atoms with E-state index in [1.807, 2.05) is 17.5 Å². The number of anilines is 2. The van der Waals surface area contributed by atoms with Crippen LogP contribution in [0.5, 0.6) is 0 Å². The summed E-state index contributed by atoms with van der Waals surface area (Å²) in [5.74, 6) is -1.41. The third kappa shape index (κ3) is 4.95. The lowest BCUT2D eigenvalue weighted by Crippen LogP contribution is -2.37. The maximum absolute atomic E-state index is 13.3. The van der Waals surface area contributed by atoms with Crippen molar-refractivity contribution >= 4 is 58.1 Å². The number of nitrogens with one attached hydrogen (secondary N) is 1. The van der Waals surface area contributed by atoms with Crippen molar-refractivity contribution in [2.45, 2.75) is 19.0 Å². The molecule has 4 amide bonds. The molecule has 2 aromatic carbocycles. The van der Waals surface area contributed by atoms with Gasteiger partial charge in [-0.2, -0.15) is 0 Å². The van der Waals surface area contributed by atoms with Crippen LogP contribution in [0.1, 0.15) is 21.7 Å². The van der Waals surface area contributed by atoms with Gasteiger partial charge >= 0.3 is 12.0 Å². The minimum absolute atomic E-state index is 0.206. The fraction of sp³-hybridized carbons (Fsp3) is 0.167. The monoisotopic (exact) mass is 497 g/mol. The van der Waals surface area contributed by atoms with E-state index in [-0.39, 0.29) is 13.0 Å². The van der Waals surface area contributed by atoms with E-state index in [2.05, 4.69) is 10.1 Å². The molecule has 4 rings (SSSR count). The number of rotatable bonds is 7. The maximum atomic E-state index is 13.3. The molecule has 0 unspecified atom stereocenters. The van der Waals surface area contributed by atoms with Gasteiger partial charge in [0, 0.05) is 15.6 Å². The van der Waals surface area contributed by atoms with Gasteiger partial charge in [-0.3, -0.25) is 9.59 Å². The van der Waals surface area contributed by atoms with Gasteiger partial charge in [-0.05, 0) is 60.0 Å². The van der Waals surface area contributed by atoms with Gasteiger partial charge in [0.05, 0.1) is 31.3 Å². The number of carbonyl (C=O) groups is 4. The van der Waals surface area contributed by atoms with Crippen molar-refractivity contribution in [2.24, 2.45) is 0 Å². The Morgan fingerprint density at radius 3 is 2.38 bits per heavy atom. The topological polar surface area (TPSA) is 96.0 Å². The molecule has 1 fully saturated rings. The number of amides is 4. The summed E-state index contributed by atoms with van der Waals surface area (Å²) < 4.78 is 4.66. The van der Waals surface area contributed by atoms with Crippen molar-refractivity contribution in [3.05, 3.63) is 81.5 Å². The minimum Gasteiger partial charge on any atom is -0.465 e. The Morgan fingerprint density at radius 2 is 1.76 bits per heavy atom. The molecule has 3 aromatic rings. The molecule has 0 radical (unpaired) electrons. The largest absolute Gasteiger partial charge is 0.465 e. The molecule has 0 saturated carbocycles. The van der Waals surface area contributed by atoms with Gasteiger partial charge < -0.3 is 15.0 Å². The average molecular weight is 498 g/mol. The first-order chi connectivity index (χ1) is 16.4. The van der Waals surface area contributed by atoms with E-state index in [1.54, 1.807) is 36.4 Å². The van der Waals surface area contributed by atoms with E-state index in [4.69, 9.17) is 11.6 Å². The SMILES string of the molecule is COC(=O)c1ccc(NC(=O)C[C@@H]2C(=O)N(c3ccc(Cl)cc3)C(=O)N2Cc2cccs2)cc1. The van der Waals surface area contributed by atoms with Crippen LogP contribution in [0.3, 0.4) is 0 Å². The van der Waals surface area contributed by atoms with Crippen molar-refractivity contribution in [3.8, 4) is 0 Å². The molecule has 0 aliphatic carbocycles. The Bertz CT molecular complexity index is 1210. The van der Waals surface area contributed by atoms with Crippen molar-refractivity contribution in [1.82, 2.24) is 4.90 Å². The summed E-state index contributed by atoms with van der Waals surface area (Å²) in [6.45, 7) is 0.206. The van der Waals surface area contributed by atoms with Crippen LogP contribution in [0.4, 0.5) is 16.2 Å². The first-order valence-corrected chi connectivity index (χ1v) is 11.5. The molecule has 0 bridgehead atoms. The second-order valence-electron chi connectivity index (χ2n) is 7.48. The average Bonchev–Trinajstić information content (AvgIpc) is 3.42. The van der Waals surface area contributed by atoms with E-state index >= 15 is 0 Å². The Hall–Kier alpha value is -3.69. The molecule has 174 valence electrons. The number of benzene rings is 2. The van der Waals surface area contributed by atoms with Crippen LogP contribution in [0, 0.1) is 0 Å². The fourth-order valence-electron chi connectivity index (χ4n) is 3.61. The van der Waals surface area contributed by atoms with Gasteiger partial charge in [0.2, 0.25) is 5.91 Å². The van der Waals surface area contributed by atoms with Crippen molar-refractivity contribution in [1.29, 1.82) is 0 Å². The number of esters is 1. The summed E-state index contributed by atoms with van der Waals surface area (Å²) in [5.41, 5.74) is 1.18. The quantitative estimate of drug-likeness (QED) is 0.381. The lowest BCUT2D eigenvalue weighted by Gasteiger charge is -2.21. The van der Waals surface area contributed by atoms with Crippen LogP contribution >= 0.6 is 22.9 Å². The van der Waals surface area contributed by atoms with Crippen molar-refractivity contribution in [3.63, 3.8) is 0 Å². The van der Waals surface area contributed by atoms with E-state index < -0.39 is 29.9 Å². The number of imide groups is 1. The van der Waals surface area contributed by atoms with E-state index in [1.165, 1.54) is 35.5 Å². The molecule has 10 heteroatoms. The Balaban J connectivity index is 1.53. The van der Waals surface area contributed by atoms with Gasteiger partial charge in [-0.1, -0.05) is 17.7 Å². The summed E-state index contributed by atoms with van der Waals surface area (Å²) >= 11 is 7.41. The molecular formula is C24H20ClN3O5S. The highest BCUT2D eigenvalue weighted by molar-refractivity contribution is 7.09. The highest BCUT2D eigenvalue weighted by atomic mass is 35.5. The first-order valence-electron chi connectivity index (χ1n) is 10.3. The molecule has 1 atom stereocenters.